The molecule has 2 aromatic rings. The molecule has 0 radical (unpaired) electrons. The number of esters is 1. The molecule has 4 heteroatoms. The second-order valence-electron chi connectivity index (χ2n) is 5.14. The molecule has 0 aliphatic rings. The lowest BCUT2D eigenvalue weighted by atomic mass is 10.0. The molecule has 0 saturated carbocycles. The number of ether oxygens (including phenoxy) is 1. The van der Waals surface area contributed by atoms with E-state index >= 15 is 0 Å². The minimum atomic E-state index is -0.200. The van der Waals surface area contributed by atoms with Crippen molar-refractivity contribution in [3.05, 3.63) is 57.8 Å². The van der Waals surface area contributed by atoms with Gasteiger partial charge >= 0.3 is 5.97 Å². The summed E-state index contributed by atoms with van der Waals surface area (Å²) in [6, 6.07) is 10.6. The van der Waals surface area contributed by atoms with Crippen LogP contribution in [0, 0.1) is 0 Å². The van der Waals surface area contributed by atoms with Crippen LogP contribution >= 0.6 is 11.3 Å². The van der Waals surface area contributed by atoms with E-state index in [1.165, 1.54) is 12.7 Å². The van der Waals surface area contributed by atoms with Gasteiger partial charge in [0.15, 0.2) is 0 Å². The smallest absolute Gasteiger partial charge is 0.309 e. The van der Waals surface area contributed by atoms with Gasteiger partial charge in [-0.15, -0.1) is 0 Å². The van der Waals surface area contributed by atoms with Gasteiger partial charge in [-0.2, -0.15) is 11.3 Å². The van der Waals surface area contributed by atoms with Crippen molar-refractivity contribution in [2.75, 3.05) is 7.11 Å². The molecule has 21 heavy (non-hydrogen) atoms. The molecule has 0 spiro atoms. The van der Waals surface area contributed by atoms with Gasteiger partial charge in [0.25, 0.3) is 0 Å². The van der Waals surface area contributed by atoms with E-state index < -0.39 is 0 Å². The first kappa shape index (κ1) is 15.7. The highest BCUT2D eigenvalue weighted by Crippen LogP contribution is 2.12. The highest BCUT2D eigenvalue weighted by molar-refractivity contribution is 7.07. The average molecular weight is 303 g/mol. The molecule has 1 unspecified atom stereocenters. The van der Waals surface area contributed by atoms with Gasteiger partial charge in [0.05, 0.1) is 13.5 Å². The van der Waals surface area contributed by atoms with Crippen LogP contribution in [0.15, 0.2) is 41.1 Å². The number of methoxy groups -OCH3 is 1. The Bertz CT molecular complexity index is 566. The van der Waals surface area contributed by atoms with Crippen LogP contribution in [0.3, 0.4) is 0 Å². The first-order valence-electron chi connectivity index (χ1n) is 7.07. The molecule has 1 aromatic heterocycles. The van der Waals surface area contributed by atoms with Crippen LogP contribution in [0.2, 0.25) is 0 Å². The van der Waals surface area contributed by atoms with E-state index in [-0.39, 0.29) is 5.97 Å². The Kier molecular flexibility index (Phi) is 5.96. The van der Waals surface area contributed by atoms with Crippen LogP contribution in [0.25, 0.3) is 0 Å². The number of benzene rings is 1. The van der Waals surface area contributed by atoms with Crippen molar-refractivity contribution in [2.45, 2.75) is 32.4 Å². The summed E-state index contributed by atoms with van der Waals surface area (Å²) in [5, 5.41) is 7.81. The predicted octanol–water partition coefficient (Wildman–Crippen LogP) is 3.18. The standard InChI is InChI=1S/C17H21NO2S/c1-13(9-14-7-8-21-12-14)18-11-16-6-4-3-5-15(16)10-17(19)20-2/h3-8,12-13,18H,9-11H2,1-2H3. The fourth-order valence-electron chi connectivity index (χ4n) is 2.25. The van der Waals surface area contributed by atoms with Crippen molar-refractivity contribution in [3.63, 3.8) is 0 Å². The van der Waals surface area contributed by atoms with Gasteiger partial charge in [-0.05, 0) is 46.9 Å². The van der Waals surface area contributed by atoms with Gasteiger partial charge in [-0.3, -0.25) is 4.79 Å². The van der Waals surface area contributed by atoms with E-state index in [1.807, 2.05) is 18.2 Å². The Balaban J connectivity index is 1.91. The Morgan fingerprint density at radius 1 is 1.29 bits per heavy atom. The molecule has 1 atom stereocenters. The van der Waals surface area contributed by atoms with E-state index in [1.54, 1.807) is 11.3 Å². The normalized spacial score (nSPS) is 12.1. The van der Waals surface area contributed by atoms with Crippen molar-refractivity contribution >= 4 is 17.3 Å². The summed E-state index contributed by atoms with van der Waals surface area (Å²) in [5.41, 5.74) is 3.54. The number of thiophene rings is 1. The maximum atomic E-state index is 11.4. The fourth-order valence-corrected chi connectivity index (χ4v) is 2.93. The Morgan fingerprint density at radius 2 is 2.05 bits per heavy atom. The maximum absolute atomic E-state index is 11.4. The molecular formula is C17H21NO2S. The summed E-state index contributed by atoms with van der Waals surface area (Å²) in [7, 11) is 1.42. The Labute approximate surface area is 130 Å². The minimum Gasteiger partial charge on any atom is -0.469 e. The van der Waals surface area contributed by atoms with Gasteiger partial charge in [-0.1, -0.05) is 24.3 Å². The highest BCUT2D eigenvalue weighted by atomic mass is 32.1. The third-order valence-corrected chi connectivity index (χ3v) is 4.18. The van der Waals surface area contributed by atoms with Crippen LogP contribution in [-0.2, 0) is 28.9 Å². The highest BCUT2D eigenvalue weighted by Gasteiger charge is 2.09. The number of carbonyl (C=O) groups is 1. The first-order valence-corrected chi connectivity index (χ1v) is 8.01. The number of nitrogens with one attached hydrogen (secondary N) is 1. The van der Waals surface area contributed by atoms with E-state index in [0.717, 1.165) is 24.1 Å². The first-order chi connectivity index (χ1) is 10.2. The van der Waals surface area contributed by atoms with Gasteiger partial charge in [0.2, 0.25) is 0 Å². The summed E-state index contributed by atoms with van der Waals surface area (Å²) in [6.45, 7) is 2.94. The zero-order valence-corrected chi connectivity index (χ0v) is 13.3. The molecule has 0 aliphatic heterocycles. The summed E-state index contributed by atoms with van der Waals surface area (Å²) >= 11 is 1.73. The molecule has 0 saturated heterocycles. The number of rotatable bonds is 7. The minimum absolute atomic E-state index is 0.200. The lowest BCUT2D eigenvalue weighted by Crippen LogP contribution is -2.28. The van der Waals surface area contributed by atoms with E-state index in [9.17, 15) is 4.79 Å². The third kappa shape index (κ3) is 4.99. The fraction of sp³-hybridized carbons (Fsp3) is 0.353. The number of hydrogen-bond acceptors (Lipinski definition) is 4. The van der Waals surface area contributed by atoms with E-state index in [0.29, 0.717) is 12.5 Å². The van der Waals surface area contributed by atoms with Crippen LogP contribution in [-0.4, -0.2) is 19.1 Å². The molecule has 2 rings (SSSR count). The molecule has 0 amide bonds. The third-order valence-electron chi connectivity index (χ3n) is 3.44. The molecule has 1 N–H and O–H groups in total. The molecular weight excluding hydrogens is 282 g/mol. The van der Waals surface area contributed by atoms with E-state index in [4.69, 9.17) is 4.74 Å². The summed E-state index contributed by atoms with van der Waals surface area (Å²) in [6.07, 6.45) is 1.34. The monoisotopic (exact) mass is 303 g/mol. The second-order valence-corrected chi connectivity index (χ2v) is 5.92. The summed E-state index contributed by atoms with van der Waals surface area (Å²) in [5.74, 6) is -0.200. The second kappa shape index (κ2) is 7.96. The summed E-state index contributed by atoms with van der Waals surface area (Å²) < 4.78 is 4.75. The SMILES string of the molecule is COC(=O)Cc1ccccc1CNC(C)Cc1ccsc1. The van der Waals surface area contributed by atoms with Crippen molar-refractivity contribution in [2.24, 2.45) is 0 Å². The molecule has 0 bridgehead atoms. The lowest BCUT2D eigenvalue weighted by Gasteiger charge is -2.15. The largest absolute Gasteiger partial charge is 0.469 e. The van der Waals surface area contributed by atoms with Crippen molar-refractivity contribution in [1.29, 1.82) is 0 Å². The Morgan fingerprint density at radius 3 is 2.71 bits per heavy atom. The predicted molar refractivity (Wildman–Crippen MR) is 86.5 cm³/mol. The quantitative estimate of drug-likeness (QED) is 0.798. The number of carbonyl (C=O) groups excluding carboxylic acids is 1. The topological polar surface area (TPSA) is 38.3 Å². The zero-order chi connectivity index (χ0) is 15.1. The molecule has 1 heterocycles. The van der Waals surface area contributed by atoms with Crippen LogP contribution in [0.5, 0.6) is 0 Å². The van der Waals surface area contributed by atoms with Crippen LogP contribution in [0.1, 0.15) is 23.6 Å². The van der Waals surface area contributed by atoms with Gasteiger partial charge in [0.1, 0.15) is 0 Å². The maximum Gasteiger partial charge on any atom is 0.309 e. The summed E-state index contributed by atoms with van der Waals surface area (Å²) in [4.78, 5) is 11.4. The lowest BCUT2D eigenvalue weighted by molar-refractivity contribution is -0.139. The van der Waals surface area contributed by atoms with Gasteiger partial charge in [0, 0.05) is 12.6 Å². The van der Waals surface area contributed by atoms with Gasteiger partial charge in [-0.25, -0.2) is 0 Å². The average Bonchev–Trinajstić information content (AvgIpc) is 2.99. The van der Waals surface area contributed by atoms with Crippen molar-refractivity contribution in [1.82, 2.24) is 5.32 Å². The number of hydrogen-bond donors (Lipinski definition) is 1. The molecule has 1 aromatic carbocycles. The van der Waals surface area contributed by atoms with Crippen molar-refractivity contribution in [3.8, 4) is 0 Å². The Hall–Kier alpha value is -1.65. The molecule has 112 valence electrons. The zero-order valence-electron chi connectivity index (χ0n) is 12.5. The molecule has 0 fully saturated rings. The molecule has 3 nitrogen and oxygen atoms in total. The van der Waals surface area contributed by atoms with E-state index in [2.05, 4.69) is 35.1 Å². The van der Waals surface area contributed by atoms with Crippen molar-refractivity contribution < 1.29 is 9.53 Å². The van der Waals surface area contributed by atoms with Gasteiger partial charge < -0.3 is 10.1 Å². The van der Waals surface area contributed by atoms with Crippen LogP contribution < -0.4 is 5.32 Å². The molecule has 0 aliphatic carbocycles. The van der Waals surface area contributed by atoms with Crippen LogP contribution in [0.4, 0.5) is 0 Å².